The molecule has 0 bridgehead atoms. The van der Waals surface area contributed by atoms with Crippen LogP contribution in [0.4, 0.5) is 4.39 Å². The lowest BCUT2D eigenvalue weighted by Crippen LogP contribution is -2.44. The van der Waals surface area contributed by atoms with E-state index in [0.29, 0.717) is 36.2 Å². The number of rotatable bonds is 6. The van der Waals surface area contributed by atoms with Crippen molar-refractivity contribution in [3.05, 3.63) is 77.7 Å². The minimum Gasteiger partial charge on any atom is -0.463 e. The van der Waals surface area contributed by atoms with Crippen LogP contribution in [0.25, 0.3) is 5.57 Å². The van der Waals surface area contributed by atoms with Crippen LogP contribution in [0.15, 0.2) is 66.3 Å². The van der Waals surface area contributed by atoms with Gasteiger partial charge < -0.3 is 9.47 Å². The van der Waals surface area contributed by atoms with Crippen LogP contribution in [0.5, 0.6) is 0 Å². The molecule has 1 heterocycles. The highest BCUT2D eigenvalue weighted by Crippen LogP contribution is 2.54. The fraction of sp³-hybridized carbons (Fsp3) is 0.515. The number of benzene rings is 1. The zero-order valence-corrected chi connectivity index (χ0v) is 22.6. The van der Waals surface area contributed by atoms with Crippen molar-refractivity contribution < 1.29 is 23.5 Å². The van der Waals surface area contributed by atoms with Crippen molar-refractivity contribution in [2.45, 2.75) is 59.0 Å². The van der Waals surface area contributed by atoms with Crippen LogP contribution in [0.1, 0.15) is 58.4 Å². The Labute approximate surface area is 225 Å². The molecule has 1 saturated heterocycles. The second-order valence-electron chi connectivity index (χ2n) is 11.6. The first-order valence-electron chi connectivity index (χ1n) is 14.2. The minimum absolute atomic E-state index is 0.0447. The molecule has 0 N–H and O–H groups in total. The van der Waals surface area contributed by atoms with Crippen molar-refractivity contribution in [1.29, 1.82) is 0 Å². The number of cyclic esters (lactones) is 1. The number of carbonyl (C=O) groups is 2. The maximum Gasteiger partial charge on any atom is 0.330 e. The number of ether oxygens (including phenoxy) is 2. The monoisotopic (exact) mass is 518 g/mol. The first-order chi connectivity index (χ1) is 18.3. The topological polar surface area (TPSA) is 52.6 Å². The number of fused-ring (bicyclic) bond motifs is 2. The van der Waals surface area contributed by atoms with Gasteiger partial charge in [0, 0.05) is 12.0 Å². The zero-order valence-electron chi connectivity index (χ0n) is 22.6. The summed E-state index contributed by atoms with van der Waals surface area (Å²) in [6, 6.07) is 6.82. The minimum atomic E-state index is -0.281. The van der Waals surface area contributed by atoms with Gasteiger partial charge in [-0.2, -0.15) is 0 Å². The van der Waals surface area contributed by atoms with Gasteiger partial charge in [0.15, 0.2) is 0 Å². The second kappa shape index (κ2) is 11.4. The van der Waals surface area contributed by atoms with E-state index < -0.39 is 0 Å². The van der Waals surface area contributed by atoms with Crippen molar-refractivity contribution in [2.24, 2.45) is 41.4 Å². The van der Waals surface area contributed by atoms with Gasteiger partial charge in [-0.1, -0.05) is 49.4 Å². The average molecular weight is 519 g/mol. The second-order valence-corrected chi connectivity index (χ2v) is 11.6. The summed E-state index contributed by atoms with van der Waals surface area (Å²) in [5.41, 5.74) is 3.37. The van der Waals surface area contributed by atoms with E-state index in [2.05, 4.69) is 31.2 Å². The van der Waals surface area contributed by atoms with Gasteiger partial charge in [-0.25, -0.2) is 9.18 Å². The first kappa shape index (κ1) is 26.6. The molecule has 1 unspecified atom stereocenters. The Hall–Kier alpha value is -2.95. The quantitative estimate of drug-likeness (QED) is 0.298. The summed E-state index contributed by atoms with van der Waals surface area (Å²) < 4.78 is 24.6. The summed E-state index contributed by atoms with van der Waals surface area (Å²) in [7, 11) is 0. The lowest BCUT2D eigenvalue weighted by Gasteiger charge is -2.47. The van der Waals surface area contributed by atoms with Crippen LogP contribution in [0, 0.1) is 47.2 Å². The van der Waals surface area contributed by atoms with E-state index >= 15 is 0 Å². The van der Waals surface area contributed by atoms with Gasteiger partial charge in [-0.3, -0.25) is 4.79 Å². The van der Waals surface area contributed by atoms with Gasteiger partial charge in [0.2, 0.25) is 0 Å². The van der Waals surface area contributed by atoms with Crippen LogP contribution in [0.2, 0.25) is 0 Å². The highest BCUT2D eigenvalue weighted by Gasteiger charge is 2.54. The van der Waals surface area contributed by atoms with Gasteiger partial charge >= 0.3 is 11.9 Å². The molecule has 3 aliphatic carbocycles. The molecule has 5 rings (SSSR count). The Morgan fingerprint density at radius 3 is 2.76 bits per heavy atom. The summed E-state index contributed by atoms with van der Waals surface area (Å²) in [4.78, 5) is 24.6. The third-order valence-corrected chi connectivity index (χ3v) is 9.22. The molecule has 1 aromatic rings. The molecule has 4 aliphatic rings. The molecule has 4 nitrogen and oxygen atoms in total. The zero-order chi connectivity index (χ0) is 26.8. The van der Waals surface area contributed by atoms with Crippen molar-refractivity contribution in [1.82, 2.24) is 0 Å². The maximum absolute atomic E-state index is 13.8. The molecular weight excluding hydrogens is 479 g/mol. The molecule has 1 aromatic carbocycles. The highest BCUT2D eigenvalue weighted by molar-refractivity contribution is 5.81. The predicted molar refractivity (Wildman–Crippen MR) is 146 cm³/mol. The Morgan fingerprint density at radius 2 is 2.00 bits per heavy atom. The van der Waals surface area contributed by atoms with E-state index in [1.807, 2.05) is 26.0 Å². The number of hydrogen-bond acceptors (Lipinski definition) is 4. The largest absolute Gasteiger partial charge is 0.463 e. The fourth-order valence-corrected chi connectivity index (χ4v) is 7.53. The van der Waals surface area contributed by atoms with Crippen LogP contribution in [-0.4, -0.2) is 24.6 Å². The Balaban J connectivity index is 1.34. The third kappa shape index (κ3) is 5.57. The maximum atomic E-state index is 13.8. The molecule has 0 radical (unpaired) electrons. The summed E-state index contributed by atoms with van der Waals surface area (Å²) in [6.07, 6.45) is 17.3. The normalized spacial score (nSPS) is 34.9. The average Bonchev–Trinajstić information content (AvgIpc) is 3.18. The number of allylic oxidation sites excluding steroid dienone is 7. The summed E-state index contributed by atoms with van der Waals surface area (Å²) in [5.74, 6) is 1.51. The van der Waals surface area contributed by atoms with Crippen LogP contribution in [0.3, 0.4) is 0 Å². The molecule has 0 spiro atoms. The third-order valence-electron chi connectivity index (χ3n) is 9.22. The van der Waals surface area contributed by atoms with Crippen molar-refractivity contribution in [2.75, 3.05) is 6.61 Å². The van der Waals surface area contributed by atoms with Gasteiger partial charge in [0.25, 0.3) is 0 Å². The number of esters is 2. The Morgan fingerprint density at radius 1 is 1.16 bits per heavy atom. The Kier molecular flexibility index (Phi) is 8.01. The van der Waals surface area contributed by atoms with E-state index in [-0.39, 0.29) is 35.7 Å². The molecule has 38 heavy (non-hydrogen) atoms. The lowest BCUT2D eigenvalue weighted by atomic mass is 9.56. The van der Waals surface area contributed by atoms with Gasteiger partial charge in [0.1, 0.15) is 11.9 Å². The molecule has 2 saturated carbocycles. The van der Waals surface area contributed by atoms with E-state index in [0.717, 1.165) is 43.2 Å². The highest BCUT2D eigenvalue weighted by atomic mass is 19.1. The smallest absolute Gasteiger partial charge is 0.330 e. The van der Waals surface area contributed by atoms with Crippen molar-refractivity contribution >= 4 is 17.5 Å². The van der Waals surface area contributed by atoms with E-state index in [4.69, 9.17) is 9.47 Å². The SMILES string of the molecule is CCOC(=O)/C=C/[C@@H]1CC[C@@H]2[C@@H](C1)C[C@@H]1C(=O)O[C@@H](C)[C@H]1[C@H]2/C=C/C1=CC=C(c2cccc(F)c2)C(C)C1. The van der Waals surface area contributed by atoms with E-state index in [1.54, 1.807) is 18.2 Å². The molecule has 1 aliphatic heterocycles. The molecule has 0 amide bonds. The van der Waals surface area contributed by atoms with E-state index in [9.17, 15) is 14.0 Å². The van der Waals surface area contributed by atoms with Crippen LogP contribution >= 0.6 is 0 Å². The van der Waals surface area contributed by atoms with Gasteiger partial charge in [-0.15, -0.1) is 0 Å². The van der Waals surface area contributed by atoms with Crippen LogP contribution in [-0.2, 0) is 19.1 Å². The number of hydrogen-bond donors (Lipinski definition) is 0. The fourth-order valence-electron chi connectivity index (χ4n) is 7.53. The molecule has 5 heteroatoms. The van der Waals surface area contributed by atoms with Crippen molar-refractivity contribution in [3.8, 4) is 0 Å². The molecule has 8 atom stereocenters. The predicted octanol–water partition coefficient (Wildman–Crippen LogP) is 7.08. The molecular formula is C33H39FO4. The van der Waals surface area contributed by atoms with Crippen molar-refractivity contribution in [3.63, 3.8) is 0 Å². The molecule has 202 valence electrons. The van der Waals surface area contributed by atoms with E-state index in [1.165, 1.54) is 11.6 Å². The number of halogens is 1. The summed E-state index contributed by atoms with van der Waals surface area (Å²) in [6.45, 7) is 6.44. The van der Waals surface area contributed by atoms with Gasteiger partial charge in [-0.05, 0) is 104 Å². The van der Waals surface area contributed by atoms with Crippen LogP contribution < -0.4 is 0 Å². The summed E-state index contributed by atoms with van der Waals surface area (Å²) >= 11 is 0. The van der Waals surface area contributed by atoms with Gasteiger partial charge in [0.05, 0.1) is 12.5 Å². The summed E-state index contributed by atoms with van der Waals surface area (Å²) in [5, 5.41) is 0. The number of carbonyl (C=O) groups excluding carboxylic acids is 2. The molecule has 0 aromatic heterocycles. The standard InChI is InChI=1S/C33H39FO4/c1-4-37-31(35)15-11-23-9-13-28-25(17-23)19-30-32(21(3)38-33(30)36)29(28)14-10-22-8-12-27(20(2)16-22)24-6-5-7-26(34)18-24/h5-8,10-12,14-15,18,20-21,23,25,28-30,32H,4,9,13,16-17,19H2,1-3H3/b14-10+,15-11+/t20?,21-,23-,25-,28+,29-,30-,32-/m0/s1. The molecule has 3 fully saturated rings. The Bertz CT molecular complexity index is 1180. The first-order valence-corrected chi connectivity index (χ1v) is 14.2. The lowest BCUT2D eigenvalue weighted by molar-refractivity contribution is -0.144.